The predicted molar refractivity (Wildman–Crippen MR) is 108 cm³/mol. The van der Waals surface area contributed by atoms with Crippen LogP contribution in [-0.4, -0.2) is 16.1 Å². The molecule has 29 heavy (non-hydrogen) atoms. The van der Waals surface area contributed by atoms with Gasteiger partial charge in [0.05, 0.1) is 22.9 Å². The molecule has 0 spiro atoms. The number of nitriles is 1. The highest BCUT2D eigenvalue weighted by molar-refractivity contribution is 6.32. The average molecular weight is 407 g/mol. The lowest BCUT2D eigenvalue weighted by Gasteiger charge is -2.09. The minimum absolute atomic E-state index is 0.334. The summed E-state index contributed by atoms with van der Waals surface area (Å²) in [5, 5.41) is 17.8. The SMILES string of the molecule is N#Cc1ccc(COc2ccc(Oc3ccc(/C=C/C(=O)O)cc3Cl)nc2)cc1. The number of carboxylic acids is 1. The molecule has 3 aromatic rings. The molecule has 0 unspecified atom stereocenters. The molecule has 1 N–H and O–H groups in total. The largest absolute Gasteiger partial charge is 0.487 e. The van der Waals surface area contributed by atoms with Gasteiger partial charge in [0.25, 0.3) is 0 Å². The molecule has 6 nitrogen and oxygen atoms in total. The molecule has 0 aliphatic carbocycles. The predicted octanol–water partition coefficient (Wildman–Crippen LogP) is 5.08. The van der Waals surface area contributed by atoms with Crippen molar-refractivity contribution in [1.29, 1.82) is 5.26 Å². The maximum atomic E-state index is 10.6. The van der Waals surface area contributed by atoms with Gasteiger partial charge in [-0.1, -0.05) is 29.8 Å². The maximum absolute atomic E-state index is 10.6. The van der Waals surface area contributed by atoms with Crippen LogP contribution in [0.5, 0.6) is 17.4 Å². The van der Waals surface area contributed by atoms with E-state index in [-0.39, 0.29) is 0 Å². The van der Waals surface area contributed by atoms with Crippen molar-refractivity contribution in [2.45, 2.75) is 6.61 Å². The number of pyridine rings is 1. The molecule has 1 aromatic heterocycles. The van der Waals surface area contributed by atoms with E-state index in [1.165, 1.54) is 12.3 Å². The number of aromatic nitrogens is 1. The third-order valence-corrected chi connectivity index (χ3v) is 4.08. The first-order valence-electron chi connectivity index (χ1n) is 8.50. The molecule has 144 valence electrons. The fourth-order valence-electron chi connectivity index (χ4n) is 2.34. The summed E-state index contributed by atoms with van der Waals surface area (Å²) in [5.74, 6) is 0.276. The summed E-state index contributed by atoms with van der Waals surface area (Å²) < 4.78 is 11.3. The summed E-state index contributed by atoms with van der Waals surface area (Å²) in [4.78, 5) is 14.8. The van der Waals surface area contributed by atoms with E-state index in [1.54, 1.807) is 42.5 Å². The van der Waals surface area contributed by atoms with Crippen LogP contribution in [0.15, 0.2) is 66.9 Å². The van der Waals surface area contributed by atoms with Crippen molar-refractivity contribution in [2.75, 3.05) is 0 Å². The zero-order chi connectivity index (χ0) is 20.6. The number of aliphatic carboxylic acids is 1. The van der Waals surface area contributed by atoms with Crippen LogP contribution in [0, 0.1) is 11.3 Å². The van der Waals surface area contributed by atoms with E-state index >= 15 is 0 Å². The Hall–Kier alpha value is -3.82. The fraction of sp³-hybridized carbons (Fsp3) is 0.0455. The van der Waals surface area contributed by atoms with Crippen LogP contribution in [0.1, 0.15) is 16.7 Å². The maximum Gasteiger partial charge on any atom is 0.328 e. The van der Waals surface area contributed by atoms with Crippen molar-refractivity contribution in [3.05, 3.63) is 88.6 Å². The zero-order valence-electron chi connectivity index (χ0n) is 15.1. The van der Waals surface area contributed by atoms with Gasteiger partial charge in [0.1, 0.15) is 18.1 Å². The van der Waals surface area contributed by atoms with Gasteiger partial charge in [-0.15, -0.1) is 0 Å². The molecule has 0 atom stereocenters. The summed E-state index contributed by atoms with van der Waals surface area (Å²) in [6, 6.07) is 17.5. The van der Waals surface area contributed by atoms with Gasteiger partial charge in [-0.05, 0) is 47.5 Å². The molecule has 0 saturated carbocycles. The molecular weight excluding hydrogens is 392 g/mol. The Morgan fingerprint density at radius 3 is 2.59 bits per heavy atom. The van der Waals surface area contributed by atoms with Gasteiger partial charge < -0.3 is 14.6 Å². The number of rotatable bonds is 7. The highest BCUT2D eigenvalue weighted by atomic mass is 35.5. The van der Waals surface area contributed by atoms with Gasteiger partial charge in [-0.3, -0.25) is 0 Å². The van der Waals surface area contributed by atoms with Crippen molar-refractivity contribution in [3.63, 3.8) is 0 Å². The van der Waals surface area contributed by atoms with Crippen LogP contribution in [-0.2, 0) is 11.4 Å². The standard InChI is InChI=1S/C22H15ClN2O4/c23-19-11-15(6-10-22(26)27)5-8-20(19)29-21-9-7-18(13-25-21)28-14-17-3-1-16(12-24)2-4-17/h1-11,13H,14H2,(H,26,27)/b10-6+. The van der Waals surface area contributed by atoms with Crippen molar-refractivity contribution in [2.24, 2.45) is 0 Å². The van der Waals surface area contributed by atoms with E-state index in [9.17, 15) is 4.79 Å². The van der Waals surface area contributed by atoms with E-state index in [0.29, 0.717) is 40.1 Å². The number of carboxylic acid groups (broad SMARTS) is 1. The molecular formula is C22H15ClN2O4. The normalized spacial score (nSPS) is 10.5. The average Bonchev–Trinajstić information content (AvgIpc) is 2.74. The lowest BCUT2D eigenvalue weighted by atomic mass is 10.2. The highest BCUT2D eigenvalue weighted by Gasteiger charge is 2.06. The van der Waals surface area contributed by atoms with Crippen LogP contribution >= 0.6 is 11.6 Å². The molecule has 0 aliphatic heterocycles. The van der Waals surface area contributed by atoms with Crippen LogP contribution < -0.4 is 9.47 Å². The minimum Gasteiger partial charge on any atom is -0.487 e. The van der Waals surface area contributed by atoms with Crippen LogP contribution in [0.4, 0.5) is 0 Å². The summed E-state index contributed by atoms with van der Waals surface area (Å²) in [6.45, 7) is 0.352. The number of hydrogen-bond acceptors (Lipinski definition) is 5. The molecule has 0 aliphatic rings. The van der Waals surface area contributed by atoms with E-state index in [0.717, 1.165) is 11.6 Å². The summed E-state index contributed by atoms with van der Waals surface area (Å²) >= 11 is 6.19. The van der Waals surface area contributed by atoms with Crippen molar-refractivity contribution in [3.8, 4) is 23.4 Å². The Labute approximate surface area is 172 Å². The molecule has 7 heteroatoms. The van der Waals surface area contributed by atoms with Gasteiger partial charge in [0, 0.05) is 12.1 Å². The number of nitrogens with zero attached hydrogens (tertiary/aromatic N) is 2. The monoisotopic (exact) mass is 406 g/mol. The number of hydrogen-bond donors (Lipinski definition) is 1. The number of benzene rings is 2. The van der Waals surface area contributed by atoms with E-state index in [2.05, 4.69) is 11.1 Å². The van der Waals surface area contributed by atoms with Crippen LogP contribution in [0.25, 0.3) is 6.08 Å². The van der Waals surface area contributed by atoms with Crippen LogP contribution in [0.3, 0.4) is 0 Å². The van der Waals surface area contributed by atoms with Gasteiger partial charge in [0.15, 0.2) is 0 Å². The van der Waals surface area contributed by atoms with Crippen molar-refractivity contribution in [1.82, 2.24) is 4.98 Å². The summed E-state index contributed by atoms with van der Waals surface area (Å²) in [7, 11) is 0. The Morgan fingerprint density at radius 2 is 1.97 bits per heavy atom. The fourth-order valence-corrected chi connectivity index (χ4v) is 2.57. The molecule has 0 radical (unpaired) electrons. The first-order valence-corrected chi connectivity index (χ1v) is 8.87. The Bertz CT molecular complexity index is 1070. The molecule has 3 rings (SSSR count). The molecule has 0 fully saturated rings. The van der Waals surface area contributed by atoms with E-state index < -0.39 is 5.97 Å². The second-order valence-corrected chi connectivity index (χ2v) is 6.30. The van der Waals surface area contributed by atoms with Crippen molar-refractivity contribution < 1.29 is 19.4 Å². The quantitative estimate of drug-likeness (QED) is 0.550. The molecule has 0 bridgehead atoms. The molecule has 1 heterocycles. The third-order valence-electron chi connectivity index (χ3n) is 3.79. The number of carbonyl (C=O) groups is 1. The Morgan fingerprint density at radius 1 is 1.17 bits per heavy atom. The van der Waals surface area contributed by atoms with Gasteiger partial charge in [-0.2, -0.15) is 5.26 Å². The second kappa shape index (κ2) is 9.40. The van der Waals surface area contributed by atoms with E-state index in [4.69, 9.17) is 31.4 Å². The molecule has 0 amide bonds. The third kappa shape index (κ3) is 5.83. The smallest absolute Gasteiger partial charge is 0.328 e. The zero-order valence-corrected chi connectivity index (χ0v) is 15.8. The van der Waals surface area contributed by atoms with Gasteiger partial charge in [-0.25, -0.2) is 9.78 Å². The van der Waals surface area contributed by atoms with Crippen LogP contribution in [0.2, 0.25) is 5.02 Å². The lowest BCUT2D eigenvalue weighted by Crippen LogP contribution is -1.96. The van der Waals surface area contributed by atoms with E-state index in [1.807, 2.05) is 12.1 Å². The first kappa shape index (κ1) is 19.9. The Balaban J connectivity index is 1.60. The number of ether oxygens (including phenoxy) is 2. The Kier molecular flexibility index (Phi) is 6.46. The van der Waals surface area contributed by atoms with Crippen molar-refractivity contribution >= 4 is 23.6 Å². The van der Waals surface area contributed by atoms with Gasteiger partial charge >= 0.3 is 5.97 Å². The van der Waals surface area contributed by atoms with Gasteiger partial charge in [0.2, 0.25) is 5.88 Å². The number of halogens is 1. The minimum atomic E-state index is -1.04. The highest BCUT2D eigenvalue weighted by Crippen LogP contribution is 2.30. The lowest BCUT2D eigenvalue weighted by molar-refractivity contribution is -0.131. The topological polar surface area (TPSA) is 92.4 Å². The molecule has 2 aromatic carbocycles. The molecule has 0 saturated heterocycles. The second-order valence-electron chi connectivity index (χ2n) is 5.89. The first-order chi connectivity index (χ1) is 14.0. The summed E-state index contributed by atoms with van der Waals surface area (Å²) in [6.07, 6.45) is 4.01. The summed E-state index contributed by atoms with van der Waals surface area (Å²) in [5.41, 5.74) is 2.18.